The molecule has 1 N–H and O–H groups in total. The third-order valence-corrected chi connectivity index (χ3v) is 6.24. The highest BCUT2D eigenvalue weighted by Gasteiger charge is 2.44. The first kappa shape index (κ1) is 21.3. The predicted octanol–water partition coefficient (Wildman–Crippen LogP) is 3.18. The molecule has 0 bridgehead atoms. The van der Waals surface area contributed by atoms with Crippen molar-refractivity contribution < 1.29 is 14.3 Å². The van der Waals surface area contributed by atoms with E-state index in [0.29, 0.717) is 37.5 Å². The third-order valence-electron chi connectivity index (χ3n) is 6.24. The van der Waals surface area contributed by atoms with Gasteiger partial charge in [0.15, 0.2) is 0 Å². The van der Waals surface area contributed by atoms with Crippen molar-refractivity contribution >= 4 is 11.8 Å². The molecule has 164 valence electrons. The lowest BCUT2D eigenvalue weighted by Crippen LogP contribution is -2.52. The molecule has 3 heterocycles. The molecule has 1 spiro atoms. The van der Waals surface area contributed by atoms with Gasteiger partial charge in [0.2, 0.25) is 5.91 Å². The number of aromatic nitrogens is 2. The van der Waals surface area contributed by atoms with E-state index in [2.05, 4.69) is 35.4 Å². The highest BCUT2D eigenvalue weighted by atomic mass is 16.5. The molecule has 1 aromatic carbocycles. The average molecular weight is 423 g/mol. The molecule has 0 radical (unpaired) electrons. The summed E-state index contributed by atoms with van der Waals surface area (Å²) in [5.74, 6) is 1.47. The molecule has 4 rings (SSSR count). The van der Waals surface area contributed by atoms with Crippen LogP contribution in [0.3, 0.4) is 0 Å². The van der Waals surface area contributed by atoms with Crippen LogP contribution >= 0.6 is 0 Å². The van der Waals surface area contributed by atoms with Gasteiger partial charge < -0.3 is 15.0 Å². The van der Waals surface area contributed by atoms with Gasteiger partial charge in [-0.2, -0.15) is 10.2 Å². The van der Waals surface area contributed by atoms with Crippen LogP contribution in [-0.4, -0.2) is 52.1 Å². The maximum absolute atomic E-state index is 12.8. The highest BCUT2D eigenvalue weighted by Crippen LogP contribution is 2.46. The van der Waals surface area contributed by atoms with Crippen molar-refractivity contribution in [2.45, 2.75) is 51.0 Å². The molecule has 2 aliphatic rings. The van der Waals surface area contributed by atoms with E-state index in [1.54, 1.807) is 6.07 Å². The van der Waals surface area contributed by atoms with Crippen LogP contribution in [0.25, 0.3) is 0 Å². The first-order chi connectivity index (χ1) is 15.0. The molecule has 1 atom stereocenters. The van der Waals surface area contributed by atoms with E-state index in [-0.39, 0.29) is 23.3 Å². The van der Waals surface area contributed by atoms with E-state index in [9.17, 15) is 9.59 Å². The topological polar surface area (TPSA) is 84.4 Å². The molecule has 31 heavy (non-hydrogen) atoms. The molecular weight excluding hydrogens is 392 g/mol. The van der Waals surface area contributed by atoms with Gasteiger partial charge >= 0.3 is 0 Å². The first-order valence-electron chi connectivity index (χ1n) is 11.1. The molecule has 0 saturated carbocycles. The second-order valence-electron chi connectivity index (χ2n) is 9.05. The Morgan fingerprint density at radius 3 is 2.68 bits per heavy atom. The minimum absolute atomic E-state index is 0.0226. The van der Waals surface area contributed by atoms with Crippen LogP contribution in [0.2, 0.25) is 0 Å². The van der Waals surface area contributed by atoms with E-state index < -0.39 is 0 Å². The number of rotatable bonds is 5. The standard InChI is InChI=1S/C24H30N4O3/c1-17(2)15-25-22(29)13-19-14-24(31-21-6-4-3-5-20(19)21)8-11-28(12-9-24)23(30)18-7-10-26-27-16-18/h3-7,10,16-17,19H,8-9,11-15H2,1-2H3,(H,25,29). The number of nitrogens with one attached hydrogen (secondary N) is 1. The van der Waals surface area contributed by atoms with E-state index >= 15 is 0 Å². The smallest absolute Gasteiger partial charge is 0.255 e. The monoisotopic (exact) mass is 422 g/mol. The number of ether oxygens (including phenoxy) is 1. The Labute approximate surface area is 183 Å². The fourth-order valence-electron chi connectivity index (χ4n) is 4.56. The van der Waals surface area contributed by atoms with Gasteiger partial charge in [-0.1, -0.05) is 32.0 Å². The fraction of sp³-hybridized carbons (Fsp3) is 0.500. The number of carbonyl (C=O) groups excluding carboxylic acids is 2. The molecule has 1 fully saturated rings. The average Bonchev–Trinajstić information content (AvgIpc) is 2.78. The van der Waals surface area contributed by atoms with Crippen LogP contribution < -0.4 is 10.1 Å². The maximum atomic E-state index is 12.8. The zero-order valence-electron chi connectivity index (χ0n) is 18.2. The maximum Gasteiger partial charge on any atom is 0.255 e. The lowest BCUT2D eigenvalue weighted by Gasteiger charge is -2.47. The molecule has 1 saturated heterocycles. The normalized spacial score (nSPS) is 19.6. The Morgan fingerprint density at radius 1 is 1.19 bits per heavy atom. The summed E-state index contributed by atoms with van der Waals surface area (Å²) in [7, 11) is 0. The summed E-state index contributed by atoms with van der Waals surface area (Å²) in [6.07, 6.45) is 5.78. The lowest BCUT2D eigenvalue weighted by atomic mass is 9.76. The van der Waals surface area contributed by atoms with Gasteiger partial charge in [-0.15, -0.1) is 0 Å². The molecule has 7 nitrogen and oxygen atoms in total. The second-order valence-corrected chi connectivity index (χ2v) is 9.05. The number of fused-ring (bicyclic) bond motifs is 1. The summed E-state index contributed by atoms with van der Waals surface area (Å²) in [6.45, 7) is 6.12. The number of piperidine rings is 1. The van der Waals surface area contributed by atoms with Gasteiger partial charge in [-0.25, -0.2) is 0 Å². The van der Waals surface area contributed by atoms with E-state index in [1.807, 2.05) is 23.1 Å². The zero-order chi connectivity index (χ0) is 21.8. The van der Waals surface area contributed by atoms with Gasteiger partial charge in [0.25, 0.3) is 5.91 Å². The summed E-state index contributed by atoms with van der Waals surface area (Å²) in [5.41, 5.74) is 1.32. The third kappa shape index (κ3) is 4.86. The molecular formula is C24H30N4O3. The number of carbonyl (C=O) groups is 2. The van der Waals surface area contributed by atoms with Crippen molar-refractivity contribution in [1.29, 1.82) is 0 Å². The van der Waals surface area contributed by atoms with E-state index in [4.69, 9.17) is 4.74 Å². The van der Waals surface area contributed by atoms with Crippen molar-refractivity contribution in [1.82, 2.24) is 20.4 Å². The quantitative estimate of drug-likeness (QED) is 0.800. The van der Waals surface area contributed by atoms with Crippen LogP contribution in [0.5, 0.6) is 5.75 Å². The van der Waals surface area contributed by atoms with Crippen molar-refractivity contribution in [2.75, 3.05) is 19.6 Å². The zero-order valence-corrected chi connectivity index (χ0v) is 18.2. The largest absolute Gasteiger partial charge is 0.487 e. The Hall–Kier alpha value is -2.96. The molecule has 2 aromatic rings. The number of likely N-dealkylation sites (tertiary alicyclic amines) is 1. The minimum atomic E-state index is -0.343. The highest BCUT2D eigenvalue weighted by molar-refractivity contribution is 5.93. The van der Waals surface area contributed by atoms with Crippen LogP contribution in [0.1, 0.15) is 61.4 Å². The Balaban J connectivity index is 1.46. The number of benzene rings is 1. The number of amides is 2. The van der Waals surface area contributed by atoms with E-state index in [0.717, 1.165) is 30.6 Å². The summed E-state index contributed by atoms with van der Waals surface area (Å²) in [6, 6.07) is 9.73. The lowest BCUT2D eigenvalue weighted by molar-refractivity contribution is -0.122. The van der Waals surface area contributed by atoms with Gasteiger partial charge in [0.1, 0.15) is 11.4 Å². The number of para-hydroxylation sites is 1. The van der Waals surface area contributed by atoms with Crippen LogP contribution in [-0.2, 0) is 4.79 Å². The molecule has 7 heteroatoms. The summed E-state index contributed by atoms with van der Waals surface area (Å²) in [4.78, 5) is 27.2. The number of hydrogen-bond donors (Lipinski definition) is 1. The Bertz CT molecular complexity index is 923. The summed E-state index contributed by atoms with van der Waals surface area (Å²) in [5, 5.41) is 10.6. The number of hydrogen-bond acceptors (Lipinski definition) is 5. The van der Waals surface area contributed by atoms with E-state index in [1.165, 1.54) is 12.4 Å². The number of nitrogens with zero attached hydrogens (tertiary/aromatic N) is 3. The Morgan fingerprint density at radius 2 is 1.97 bits per heavy atom. The summed E-state index contributed by atoms with van der Waals surface area (Å²) < 4.78 is 6.51. The fourth-order valence-corrected chi connectivity index (χ4v) is 4.56. The van der Waals surface area contributed by atoms with Gasteiger partial charge in [-0.05, 0) is 30.0 Å². The molecule has 2 amide bonds. The molecule has 0 aliphatic carbocycles. The van der Waals surface area contributed by atoms with Gasteiger partial charge in [-0.3, -0.25) is 9.59 Å². The molecule has 1 aromatic heterocycles. The molecule has 2 aliphatic heterocycles. The SMILES string of the molecule is CC(C)CNC(=O)CC1CC2(CCN(C(=O)c3ccnnc3)CC2)Oc2ccccc21. The van der Waals surface area contributed by atoms with Crippen molar-refractivity contribution in [3.05, 3.63) is 53.9 Å². The van der Waals surface area contributed by atoms with Crippen molar-refractivity contribution in [3.63, 3.8) is 0 Å². The van der Waals surface area contributed by atoms with Crippen LogP contribution in [0.4, 0.5) is 0 Å². The second kappa shape index (κ2) is 9.04. The minimum Gasteiger partial charge on any atom is -0.487 e. The summed E-state index contributed by atoms with van der Waals surface area (Å²) >= 11 is 0. The van der Waals surface area contributed by atoms with Crippen LogP contribution in [0, 0.1) is 5.92 Å². The predicted molar refractivity (Wildman–Crippen MR) is 117 cm³/mol. The molecule has 1 unspecified atom stereocenters. The van der Waals surface area contributed by atoms with Gasteiger partial charge in [0.05, 0.1) is 18.0 Å². The van der Waals surface area contributed by atoms with Crippen molar-refractivity contribution in [3.8, 4) is 5.75 Å². The van der Waals surface area contributed by atoms with Crippen LogP contribution in [0.15, 0.2) is 42.7 Å². The Kier molecular flexibility index (Phi) is 6.20. The first-order valence-corrected chi connectivity index (χ1v) is 11.1. The van der Waals surface area contributed by atoms with Crippen molar-refractivity contribution in [2.24, 2.45) is 5.92 Å². The van der Waals surface area contributed by atoms with Gasteiger partial charge in [0, 0.05) is 44.8 Å².